The Labute approximate surface area is 185 Å². The van der Waals surface area contributed by atoms with Crippen LogP contribution in [-0.2, 0) is 9.59 Å². The van der Waals surface area contributed by atoms with E-state index < -0.39 is 14.8 Å². The summed E-state index contributed by atoms with van der Waals surface area (Å²) in [7, 11) is 0. The maximum absolute atomic E-state index is 13.2. The number of halogens is 5. The zero-order chi connectivity index (χ0) is 20.4. The topological polar surface area (TPSA) is 58.2 Å². The molecule has 2 rings (SSSR count). The molecule has 2 aromatic rings. The van der Waals surface area contributed by atoms with Crippen LogP contribution in [0.4, 0.5) is 20.2 Å². The van der Waals surface area contributed by atoms with E-state index in [2.05, 4.69) is 10.6 Å². The summed E-state index contributed by atoms with van der Waals surface area (Å²) in [6.45, 7) is 0. The Morgan fingerprint density at radius 2 is 1.32 bits per heavy atom. The summed E-state index contributed by atoms with van der Waals surface area (Å²) in [4.78, 5) is 21.4. The third-order valence-electron chi connectivity index (χ3n) is 2.78. The van der Waals surface area contributed by atoms with E-state index >= 15 is 0 Å². The molecule has 0 aromatic heterocycles. The summed E-state index contributed by atoms with van der Waals surface area (Å²) in [5.74, 6) is -0.990. The lowest BCUT2D eigenvalue weighted by Gasteiger charge is -2.10. The Morgan fingerprint density at radius 1 is 0.893 bits per heavy atom. The average molecular weight is 490 g/mol. The van der Waals surface area contributed by atoms with Crippen molar-refractivity contribution in [1.82, 2.24) is 0 Å². The van der Waals surface area contributed by atoms with Crippen LogP contribution in [-0.4, -0.2) is 22.2 Å². The number of alkyl halides is 3. The zero-order valence-corrected chi connectivity index (χ0v) is 17.5. The molecule has 0 aliphatic rings. The van der Waals surface area contributed by atoms with Crippen molar-refractivity contribution < 1.29 is 18.4 Å². The Bertz CT molecular complexity index is 793. The van der Waals surface area contributed by atoms with Gasteiger partial charge < -0.3 is 10.6 Å². The van der Waals surface area contributed by atoms with Crippen LogP contribution >= 0.6 is 58.3 Å². The maximum atomic E-state index is 13.2. The molecule has 0 aliphatic carbocycles. The molecule has 154 valence electrons. The minimum atomic E-state index is -1.54. The van der Waals surface area contributed by atoms with E-state index in [9.17, 15) is 18.4 Å². The molecule has 2 amide bonds. The number of nitrogens with one attached hydrogen (secondary N) is 2. The normalized spacial score (nSPS) is 10.1. The number of amides is 2. The highest BCUT2D eigenvalue weighted by Gasteiger charge is 2.21. The average Bonchev–Trinajstić information content (AvgIpc) is 2.58. The molecular formula is C17H17Cl3F2N2O2S2. The summed E-state index contributed by atoms with van der Waals surface area (Å²) in [5.41, 5.74) is 0.293. The molecule has 0 bridgehead atoms. The second kappa shape index (κ2) is 13.1. The summed E-state index contributed by atoms with van der Waals surface area (Å²) >= 11 is 18.9. The molecular weight excluding hydrogens is 473 g/mol. The van der Waals surface area contributed by atoms with E-state index in [4.69, 9.17) is 34.8 Å². The third-order valence-corrected chi connectivity index (χ3v) is 4.92. The monoisotopic (exact) mass is 488 g/mol. The summed E-state index contributed by atoms with van der Waals surface area (Å²) in [6.07, 6.45) is 2.71. The van der Waals surface area contributed by atoms with Gasteiger partial charge in [0, 0.05) is 9.79 Å². The van der Waals surface area contributed by atoms with E-state index in [1.165, 1.54) is 36.0 Å². The van der Waals surface area contributed by atoms with Gasteiger partial charge in [-0.3, -0.25) is 9.59 Å². The number of anilines is 2. The number of carbonyl (C=O) groups is 2. The Kier molecular flexibility index (Phi) is 12.6. The first-order valence-electron chi connectivity index (χ1n) is 6.99. The molecule has 0 saturated carbocycles. The van der Waals surface area contributed by atoms with Gasteiger partial charge in [0.25, 0.3) is 0 Å². The molecule has 0 heterocycles. The van der Waals surface area contributed by atoms with Gasteiger partial charge in [-0.2, -0.15) is 0 Å². The highest BCUT2D eigenvalue weighted by molar-refractivity contribution is 8.04. The smallest absolute Gasteiger partial charge is 0.241 e. The summed E-state index contributed by atoms with van der Waals surface area (Å²) < 4.78 is 24.7. The minimum Gasteiger partial charge on any atom is -0.326 e. The molecule has 0 saturated heterocycles. The molecule has 0 spiro atoms. The number of hydrogen-bond donors (Lipinski definition) is 2. The Hall–Kier alpha value is -1.19. The van der Waals surface area contributed by atoms with Crippen molar-refractivity contribution in [1.29, 1.82) is 0 Å². The van der Waals surface area contributed by atoms with Gasteiger partial charge in [-0.25, -0.2) is 8.78 Å². The molecule has 0 atom stereocenters. The highest BCUT2D eigenvalue weighted by atomic mass is 35.6. The van der Waals surface area contributed by atoms with Gasteiger partial charge in [0.2, 0.25) is 15.9 Å². The van der Waals surface area contributed by atoms with Crippen molar-refractivity contribution in [3.8, 4) is 0 Å². The van der Waals surface area contributed by atoms with Crippen LogP contribution in [0, 0.1) is 11.6 Å². The number of rotatable bonds is 6. The fraction of sp³-hybridized carbons (Fsp3) is 0.176. The van der Waals surface area contributed by atoms with Crippen molar-refractivity contribution in [2.45, 2.75) is 20.3 Å². The van der Waals surface area contributed by atoms with Gasteiger partial charge in [0.15, 0.2) is 0 Å². The molecule has 0 radical (unpaired) electrons. The fourth-order valence-corrected chi connectivity index (χ4v) is 3.47. The third kappa shape index (κ3) is 9.84. The minimum absolute atomic E-state index is 0. The van der Waals surface area contributed by atoms with Crippen LogP contribution in [0.15, 0.2) is 46.2 Å². The number of hydrogen-bond acceptors (Lipinski definition) is 4. The molecule has 4 nitrogen and oxygen atoms in total. The lowest BCUT2D eigenvalue weighted by Crippen LogP contribution is -1.98. The standard InChI is InChI=1S/C8H5Cl3FNOS.C8H8FNOS.CH4/c9-8(10,11)15-5-1-2-7(13-4-14)6(12)3-5;1-12-6-2-3-8(10-5-11)7(9)4-6;/h1-4H,(H,13,14);2-5H,1H3,(H,10,11);1H4. The lowest BCUT2D eigenvalue weighted by molar-refractivity contribution is -0.106. The molecule has 0 unspecified atom stereocenters. The first kappa shape index (κ1) is 26.8. The molecule has 11 heteroatoms. The van der Waals surface area contributed by atoms with Crippen molar-refractivity contribution in [2.24, 2.45) is 0 Å². The van der Waals surface area contributed by atoms with Crippen LogP contribution in [0.25, 0.3) is 0 Å². The van der Waals surface area contributed by atoms with Crippen LogP contribution in [0.1, 0.15) is 7.43 Å². The molecule has 0 fully saturated rings. The second-order valence-electron chi connectivity index (χ2n) is 4.56. The van der Waals surface area contributed by atoms with Gasteiger partial charge in [0.05, 0.1) is 11.4 Å². The summed E-state index contributed by atoms with van der Waals surface area (Å²) in [5, 5.41) is 4.46. The van der Waals surface area contributed by atoms with E-state index in [-0.39, 0.29) is 18.8 Å². The maximum Gasteiger partial charge on any atom is 0.241 e. The van der Waals surface area contributed by atoms with Gasteiger partial charge in [-0.1, -0.05) is 54.0 Å². The van der Waals surface area contributed by atoms with Crippen molar-refractivity contribution in [3.63, 3.8) is 0 Å². The van der Waals surface area contributed by atoms with Crippen LogP contribution in [0.2, 0.25) is 0 Å². The first-order chi connectivity index (χ1) is 12.7. The van der Waals surface area contributed by atoms with Crippen LogP contribution in [0.5, 0.6) is 0 Å². The van der Waals surface area contributed by atoms with Crippen molar-refractivity contribution >= 4 is 82.5 Å². The Morgan fingerprint density at radius 3 is 1.68 bits per heavy atom. The van der Waals surface area contributed by atoms with E-state index in [1.807, 2.05) is 6.26 Å². The molecule has 2 N–H and O–H groups in total. The predicted molar refractivity (Wildman–Crippen MR) is 117 cm³/mol. The lowest BCUT2D eigenvalue weighted by atomic mass is 10.3. The van der Waals surface area contributed by atoms with Gasteiger partial charge >= 0.3 is 0 Å². The predicted octanol–water partition coefficient (Wildman–Crippen LogP) is 6.57. The SMILES string of the molecule is C.CSc1ccc(NC=O)c(F)c1.O=CNc1ccc(SC(Cl)(Cl)Cl)cc1F. The first-order valence-corrected chi connectivity index (χ1v) is 10.2. The molecule has 2 aromatic carbocycles. The number of thioether (sulfide) groups is 2. The van der Waals surface area contributed by atoms with Gasteiger partial charge in [-0.15, -0.1) is 11.8 Å². The van der Waals surface area contributed by atoms with Gasteiger partial charge in [-0.05, 0) is 42.7 Å². The Balaban J connectivity index is 0.000000514. The molecule has 28 heavy (non-hydrogen) atoms. The fourth-order valence-electron chi connectivity index (χ4n) is 1.68. The van der Waals surface area contributed by atoms with E-state index in [1.54, 1.807) is 12.1 Å². The van der Waals surface area contributed by atoms with Crippen LogP contribution < -0.4 is 10.6 Å². The largest absolute Gasteiger partial charge is 0.326 e. The summed E-state index contributed by atoms with van der Waals surface area (Å²) in [6, 6.07) is 8.79. The van der Waals surface area contributed by atoms with E-state index in [0.29, 0.717) is 17.7 Å². The highest BCUT2D eigenvalue weighted by Crippen LogP contribution is 2.44. The van der Waals surface area contributed by atoms with Crippen molar-refractivity contribution in [2.75, 3.05) is 16.9 Å². The number of benzene rings is 2. The molecule has 0 aliphatic heterocycles. The quantitative estimate of drug-likeness (QED) is 0.274. The van der Waals surface area contributed by atoms with Crippen molar-refractivity contribution in [3.05, 3.63) is 48.0 Å². The van der Waals surface area contributed by atoms with Gasteiger partial charge in [0.1, 0.15) is 11.6 Å². The zero-order valence-electron chi connectivity index (χ0n) is 13.6. The second-order valence-corrected chi connectivity index (χ2v) is 9.68. The van der Waals surface area contributed by atoms with E-state index in [0.717, 1.165) is 16.7 Å². The van der Waals surface area contributed by atoms with Crippen LogP contribution in [0.3, 0.4) is 0 Å². The number of carbonyl (C=O) groups excluding carboxylic acids is 2.